The number of aliphatic hydroxyl groups is 1. The number of hydrogen-bond acceptors (Lipinski definition) is 3. The van der Waals surface area contributed by atoms with Gasteiger partial charge in [0.25, 0.3) is 0 Å². The summed E-state index contributed by atoms with van der Waals surface area (Å²) < 4.78 is 27.2. The molecule has 0 aliphatic heterocycles. The lowest BCUT2D eigenvalue weighted by atomic mass is 10.1. The first-order valence-corrected chi connectivity index (χ1v) is 8.72. The number of nitrogens with one attached hydrogen (secondary N) is 1. The van der Waals surface area contributed by atoms with Crippen LogP contribution in [0.5, 0.6) is 0 Å². The van der Waals surface area contributed by atoms with Crippen molar-refractivity contribution in [2.45, 2.75) is 11.0 Å². The van der Waals surface area contributed by atoms with Crippen LogP contribution in [0.15, 0.2) is 23.1 Å². The second-order valence-corrected chi connectivity index (χ2v) is 7.90. The molecule has 1 aromatic rings. The molecule has 0 aliphatic rings. The van der Waals surface area contributed by atoms with Crippen molar-refractivity contribution in [3.63, 3.8) is 0 Å². The Morgan fingerprint density at radius 3 is 2.59 bits per heavy atom. The van der Waals surface area contributed by atoms with Crippen LogP contribution in [-0.2, 0) is 10.0 Å². The number of benzene rings is 1. The van der Waals surface area contributed by atoms with Gasteiger partial charge in [0.2, 0.25) is 10.0 Å². The minimum Gasteiger partial charge on any atom is -0.384 e. The normalized spacial score (nSPS) is 14.7. The van der Waals surface area contributed by atoms with Crippen molar-refractivity contribution in [2.24, 2.45) is 0 Å². The minimum absolute atomic E-state index is 0.0259. The standard InChI is InChI=1S/C13H20ClN3O3S2/c1-15-13(21)17(4)8-11(18)9-5-6-10(14)12(7-9)22(19,20)16(2)3/h5-7,11,18H,8H2,1-4H3,(H,15,21)/p+1. The summed E-state index contributed by atoms with van der Waals surface area (Å²) in [7, 11) is 2.66. The Hall–Kier alpha value is -0.800. The first kappa shape index (κ1) is 19.2. The molecule has 1 rings (SSSR count). The fourth-order valence-electron chi connectivity index (χ4n) is 1.76. The number of hydrogen-bond donors (Lipinski definition) is 3. The number of thiol groups is 1. The van der Waals surface area contributed by atoms with Gasteiger partial charge in [0.1, 0.15) is 17.5 Å². The summed E-state index contributed by atoms with van der Waals surface area (Å²) in [5, 5.41) is 13.9. The molecule has 6 nitrogen and oxygen atoms in total. The number of sulfonamides is 1. The molecule has 0 saturated heterocycles. The molecule has 1 unspecified atom stereocenters. The molecule has 0 aliphatic carbocycles. The molecule has 2 N–H and O–H groups in total. The third kappa shape index (κ3) is 4.36. The fraction of sp³-hybridized carbons (Fsp3) is 0.462. The van der Waals surface area contributed by atoms with Crippen molar-refractivity contribution in [1.82, 2.24) is 9.62 Å². The molecule has 0 spiro atoms. The Morgan fingerprint density at radius 2 is 2.09 bits per heavy atom. The summed E-state index contributed by atoms with van der Waals surface area (Å²) in [6.07, 6.45) is -0.881. The Morgan fingerprint density at radius 1 is 1.50 bits per heavy atom. The largest absolute Gasteiger partial charge is 0.384 e. The highest BCUT2D eigenvalue weighted by molar-refractivity contribution is 7.96. The van der Waals surface area contributed by atoms with E-state index in [1.165, 1.54) is 26.2 Å². The first-order valence-electron chi connectivity index (χ1n) is 6.46. The van der Waals surface area contributed by atoms with E-state index in [0.717, 1.165) is 4.31 Å². The Kier molecular flexibility index (Phi) is 6.69. The molecule has 0 saturated carbocycles. The molecule has 0 radical (unpaired) electrons. The zero-order chi connectivity index (χ0) is 17.1. The van der Waals surface area contributed by atoms with Gasteiger partial charge in [0.15, 0.2) is 0 Å². The number of likely N-dealkylation sites (N-methyl/N-ethyl adjacent to an activating group) is 1. The predicted molar refractivity (Wildman–Crippen MR) is 91.4 cm³/mol. The molecule has 0 fully saturated rings. The molecular formula is C13H21ClN3O3S2+. The van der Waals surface area contributed by atoms with E-state index in [1.54, 1.807) is 24.7 Å². The van der Waals surface area contributed by atoms with Crippen LogP contribution >= 0.6 is 24.2 Å². The van der Waals surface area contributed by atoms with Crippen molar-refractivity contribution >= 4 is 39.4 Å². The van der Waals surface area contributed by atoms with E-state index in [-0.39, 0.29) is 16.5 Å². The Labute approximate surface area is 141 Å². The maximum absolute atomic E-state index is 12.2. The van der Waals surface area contributed by atoms with E-state index in [0.29, 0.717) is 10.7 Å². The molecule has 1 aromatic carbocycles. The predicted octanol–water partition coefficient (Wildman–Crippen LogP) is 0.771. The minimum atomic E-state index is -3.67. The van der Waals surface area contributed by atoms with Crippen LogP contribution in [0.3, 0.4) is 0 Å². The van der Waals surface area contributed by atoms with Gasteiger partial charge in [-0.2, -0.15) is 0 Å². The average Bonchev–Trinajstić information content (AvgIpc) is 2.46. The first-order chi connectivity index (χ1) is 10.1. The number of halogens is 1. The molecule has 0 aromatic heterocycles. The van der Waals surface area contributed by atoms with Crippen LogP contribution in [-0.4, -0.2) is 62.3 Å². The quantitative estimate of drug-likeness (QED) is 0.311. The van der Waals surface area contributed by atoms with Crippen LogP contribution in [0.4, 0.5) is 0 Å². The zero-order valence-corrected chi connectivity index (χ0v) is 15.4. The molecule has 0 bridgehead atoms. The Balaban J connectivity index is 3.19. The van der Waals surface area contributed by atoms with Gasteiger partial charge in [-0.25, -0.2) is 12.7 Å². The van der Waals surface area contributed by atoms with E-state index in [4.69, 9.17) is 11.6 Å². The van der Waals surface area contributed by atoms with Crippen molar-refractivity contribution < 1.29 is 18.1 Å². The zero-order valence-electron chi connectivity index (χ0n) is 12.9. The average molecular weight is 367 g/mol. The van der Waals surface area contributed by atoms with Crippen LogP contribution < -0.4 is 5.32 Å². The van der Waals surface area contributed by atoms with Crippen molar-refractivity contribution in [3.8, 4) is 0 Å². The van der Waals surface area contributed by atoms with Gasteiger partial charge in [-0.3, -0.25) is 9.89 Å². The third-order valence-electron chi connectivity index (χ3n) is 3.13. The number of nitrogens with zero attached hydrogens (tertiary/aromatic N) is 2. The summed E-state index contributed by atoms with van der Waals surface area (Å²) in [6, 6.07) is 4.47. The van der Waals surface area contributed by atoms with Gasteiger partial charge in [-0.15, -0.1) is 0 Å². The monoisotopic (exact) mass is 366 g/mol. The van der Waals surface area contributed by atoms with Crippen molar-refractivity contribution in [2.75, 3.05) is 34.7 Å². The SMILES string of the molecule is CNC(S)=[N+](C)CC(O)c1ccc(Cl)c(S(=O)(=O)N(C)C)c1. The highest BCUT2D eigenvalue weighted by Gasteiger charge is 2.23. The lowest BCUT2D eigenvalue weighted by Gasteiger charge is -2.16. The van der Waals surface area contributed by atoms with E-state index in [2.05, 4.69) is 17.9 Å². The van der Waals surface area contributed by atoms with Crippen molar-refractivity contribution in [3.05, 3.63) is 28.8 Å². The number of rotatable bonds is 5. The second-order valence-electron chi connectivity index (χ2n) is 4.95. The highest BCUT2D eigenvalue weighted by atomic mass is 35.5. The maximum Gasteiger partial charge on any atom is 0.302 e. The third-order valence-corrected chi connectivity index (χ3v) is 5.99. The summed E-state index contributed by atoms with van der Waals surface area (Å²) in [5.41, 5.74) is 0.467. The smallest absolute Gasteiger partial charge is 0.302 e. The van der Waals surface area contributed by atoms with Gasteiger partial charge < -0.3 is 5.11 Å². The molecule has 0 heterocycles. The molecule has 124 valence electrons. The molecule has 22 heavy (non-hydrogen) atoms. The maximum atomic E-state index is 12.2. The number of amidine groups is 1. The molecule has 0 amide bonds. The van der Waals surface area contributed by atoms with Crippen LogP contribution in [0.25, 0.3) is 0 Å². The number of aliphatic hydroxyl groups excluding tert-OH is 1. The van der Waals surface area contributed by atoms with E-state index in [1.807, 2.05) is 0 Å². The van der Waals surface area contributed by atoms with Gasteiger partial charge in [-0.05, 0) is 17.7 Å². The molecule has 1 atom stereocenters. The van der Waals surface area contributed by atoms with Gasteiger partial charge in [-0.1, -0.05) is 30.3 Å². The summed E-state index contributed by atoms with van der Waals surface area (Å²) in [5.74, 6) is 0. The molecule has 9 heteroatoms. The fourth-order valence-corrected chi connectivity index (χ4v) is 3.25. The van der Waals surface area contributed by atoms with E-state index in [9.17, 15) is 13.5 Å². The van der Waals surface area contributed by atoms with Gasteiger partial charge in [0, 0.05) is 14.1 Å². The van der Waals surface area contributed by atoms with Gasteiger partial charge in [0.05, 0.1) is 19.1 Å². The summed E-state index contributed by atoms with van der Waals surface area (Å²) >= 11 is 10.2. The van der Waals surface area contributed by atoms with Gasteiger partial charge >= 0.3 is 5.17 Å². The summed E-state index contributed by atoms with van der Waals surface area (Å²) in [4.78, 5) is -0.0259. The topological polar surface area (TPSA) is 72.6 Å². The second kappa shape index (κ2) is 7.65. The Bertz CT molecular complexity index is 675. The molecular weight excluding hydrogens is 346 g/mol. The van der Waals surface area contributed by atoms with E-state index < -0.39 is 16.1 Å². The van der Waals surface area contributed by atoms with Crippen LogP contribution in [0.2, 0.25) is 5.02 Å². The van der Waals surface area contributed by atoms with Crippen LogP contribution in [0, 0.1) is 0 Å². The van der Waals surface area contributed by atoms with Crippen molar-refractivity contribution in [1.29, 1.82) is 0 Å². The van der Waals surface area contributed by atoms with Crippen LogP contribution in [0.1, 0.15) is 11.7 Å². The van der Waals surface area contributed by atoms with E-state index >= 15 is 0 Å². The lowest BCUT2D eigenvalue weighted by molar-refractivity contribution is -0.507. The summed E-state index contributed by atoms with van der Waals surface area (Å²) in [6.45, 7) is 0.253. The lowest BCUT2D eigenvalue weighted by Crippen LogP contribution is -2.28. The highest BCUT2D eigenvalue weighted by Crippen LogP contribution is 2.27.